The smallest absolute Gasteiger partial charge is 0.286 e. The molecule has 0 radical (unpaired) electrons. The van der Waals surface area contributed by atoms with Gasteiger partial charge >= 0.3 is 0 Å². The Labute approximate surface area is 73.1 Å². The molecule has 0 saturated carbocycles. The Kier molecular flexibility index (Phi) is 3.21. The van der Waals surface area contributed by atoms with Gasteiger partial charge in [-0.25, -0.2) is 4.21 Å². The van der Waals surface area contributed by atoms with Gasteiger partial charge in [0.2, 0.25) is 0 Å². The summed E-state index contributed by atoms with van der Waals surface area (Å²) in [6.45, 7) is 0. The SMILES string of the molecule is CON(c1ccccc1)S(=O)O. The van der Waals surface area contributed by atoms with Crippen LogP contribution in [0.1, 0.15) is 0 Å². The van der Waals surface area contributed by atoms with Crippen molar-refractivity contribution in [3.63, 3.8) is 0 Å². The average Bonchev–Trinajstić information content (AvgIpc) is 2.07. The Morgan fingerprint density at radius 2 is 2.00 bits per heavy atom. The molecule has 5 heteroatoms. The van der Waals surface area contributed by atoms with Crippen LogP contribution in [-0.4, -0.2) is 15.9 Å². The number of anilines is 1. The summed E-state index contributed by atoms with van der Waals surface area (Å²) < 4.78 is 20.3. The molecule has 0 aliphatic heterocycles. The first-order chi connectivity index (χ1) is 5.75. The highest BCUT2D eigenvalue weighted by Gasteiger charge is 2.09. The van der Waals surface area contributed by atoms with Crippen LogP contribution in [-0.2, 0) is 16.1 Å². The largest absolute Gasteiger partial charge is 0.288 e. The number of nitrogens with zero attached hydrogens (tertiary/aromatic N) is 1. The molecular formula is C7H9NO3S. The van der Waals surface area contributed by atoms with E-state index in [0.29, 0.717) is 5.69 Å². The Balaban J connectivity index is 2.88. The highest BCUT2D eigenvalue weighted by Crippen LogP contribution is 2.13. The Morgan fingerprint density at radius 1 is 1.42 bits per heavy atom. The van der Waals surface area contributed by atoms with E-state index in [-0.39, 0.29) is 0 Å². The van der Waals surface area contributed by atoms with Crippen molar-refractivity contribution >= 4 is 17.0 Å². The predicted octanol–water partition coefficient (Wildman–Crippen LogP) is 1.19. The lowest BCUT2D eigenvalue weighted by molar-refractivity contribution is 0.214. The zero-order chi connectivity index (χ0) is 8.97. The van der Waals surface area contributed by atoms with Crippen LogP contribution >= 0.6 is 0 Å². The summed E-state index contributed by atoms with van der Waals surface area (Å²) in [6, 6.07) is 8.69. The van der Waals surface area contributed by atoms with Gasteiger partial charge in [-0.2, -0.15) is 0 Å². The van der Waals surface area contributed by atoms with Gasteiger partial charge < -0.3 is 0 Å². The summed E-state index contributed by atoms with van der Waals surface area (Å²) >= 11 is -2.14. The normalized spacial score (nSPS) is 12.5. The molecule has 0 saturated heterocycles. The summed E-state index contributed by atoms with van der Waals surface area (Å²) in [5.74, 6) is 0. The van der Waals surface area contributed by atoms with Gasteiger partial charge in [0.05, 0.1) is 12.8 Å². The van der Waals surface area contributed by atoms with Crippen LogP contribution in [0.3, 0.4) is 0 Å². The van der Waals surface area contributed by atoms with Crippen molar-refractivity contribution in [3.8, 4) is 0 Å². The van der Waals surface area contributed by atoms with Gasteiger partial charge in [0.15, 0.2) is 0 Å². The number of benzene rings is 1. The molecule has 0 aromatic heterocycles. The lowest BCUT2D eigenvalue weighted by atomic mass is 10.3. The highest BCUT2D eigenvalue weighted by molar-refractivity contribution is 7.80. The van der Waals surface area contributed by atoms with Crippen LogP contribution in [0.15, 0.2) is 30.3 Å². The fourth-order valence-corrected chi connectivity index (χ4v) is 1.24. The first-order valence-corrected chi connectivity index (χ1v) is 4.32. The van der Waals surface area contributed by atoms with E-state index in [9.17, 15) is 4.21 Å². The molecule has 0 spiro atoms. The van der Waals surface area contributed by atoms with E-state index < -0.39 is 11.3 Å². The molecule has 0 heterocycles. The van der Waals surface area contributed by atoms with Crippen LogP contribution < -0.4 is 4.47 Å². The zero-order valence-electron chi connectivity index (χ0n) is 6.51. The van der Waals surface area contributed by atoms with E-state index in [1.165, 1.54) is 7.11 Å². The molecule has 1 N–H and O–H groups in total. The number of para-hydroxylation sites is 1. The lowest BCUT2D eigenvalue weighted by Crippen LogP contribution is -2.23. The van der Waals surface area contributed by atoms with Crippen molar-refractivity contribution in [3.05, 3.63) is 30.3 Å². The molecule has 0 bridgehead atoms. The van der Waals surface area contributed by atoms with Crippen molar-refractivity contribution < 1.29 is 13.6 Å². The minimum atomic E-state index is -2.14. The maximum atomic E-state index is 10.6. The third-order valence-corrected chi connectivity index (χ3v) is 1.92. The van der Waals surface area contributed by atoms with Crippen molar-refractivity contribution in [1.82, 2.24) is 0 Å². The maximum absolute atomic E-state index is 10.6. The fraction of sp³-hybridized carbons (Fsp3) is 0.143. The second-order valence-electron chi connectivity index (χ2n) is 2.01. The minimum Gasteiger partial charge on any atom is -0.288 e. The van der Waals surface area contributed by atoms with Gasteiger partial charge in [0.1, 0.15) is 0 Å². The van der Waals surface area contributed by atoms with Gasteiger partial charge in [-0.3, -0.25) is 9.39 Å². The molecule has 0 amide bonds. The summed E-state index contributed by atoms with van der Waals surface area (Å²) in [5.41, 5.74) is 0.542. The molecule has 1 rings (SSSR count). The second kappa shape index (κ2) is 4.20. The number of hydrogen-bond acceptors (Lipinski definition) is 2. The van der Waals surface area contributed by atoms with Crippen LogP contribution in [0.4, 0.5) is 5.69 Å². The first kappa shape index (κ1) is 9.18. The molecule has 4 nitrogen and oxygen atoms in total. The monoisotopic (exact) mass is 187 g/mol. The van der Waals surface area contributed by atoms with E-state index in [0.717, 1.165) is 4.47 Å². The van der Waals surface area contributed by atoms with Crippen LogP contribution in [0.25, 0.3) is 0 Å². The molecule has 1 atom stereocenters. The topological polar surface area (TPSA) is 49.8 Å². The van der Waals surface area contributed by atoms with Crippen molar-refractivity contribution in [2.24, 2.45) is 0 Å². The summed E-state index contributed by atoms with van der Waals surface area (Å²) in [6.07, 6.45) is 0. The molecule has 0 aliphatic carbocycles. The molecule has 66 valence electrons. The summed E-state index contributed by atoms with van der Waals surface area (Å²) in [5, 5.41) is 0. The quantitative estimate of drug-likeness (QED) is 0.571. The van der Waals surface area contributed by atoms with E-state index in [1.807, 2.05) is 6.07 Å². The summed E-state index contributed by atoms with van der Waals surface area (Å²) in [4.78, 5) is 4.68. The van der Waals surface area contributed by atoms with E-state index >= 15 is 0 Å². The zero-order valence-corrected chi connectivity index (χ0v) is 7.32. The molecule has 1 unspecified atom stereocenters. The Morgan fingerprint density at radius 3 is 2.42 bits per heavy atom. The highest BCUT2D eigenvalue weighted by atomic mass is 32.2. The molecule has 1 aromatic carbocycles. The lowest BCUT2D eigenvalue weighted by Gasteiger charge is -2.15. The van der Waals surface area contributed by atoms with Gasteiger partial charge in [0, 0.05) is 0 Å². The van der Waals surface area contributed by atoms with Gasteiger partial charge in [-0.1, -0.05) is 18.2 Å². The molecule has 1 aromatic rings. The Bertz CT molecular complexity index is 265. The molecule has 12 heavy (non-hydrogen) atoms. The first-order valence-electron chi connectivity index (χ1n) is 3.26. The number of hydrogen-bond donors (Lipinski definition) is 1. The number of rotatable bonds is 3. The van der Waals surface area contributed by atoms with Gasteiger partial charge in [-0.05, 0) is 12.1 Å². The van der Waals surface area contributed by atoms with Crippen molar-refractivity contribution in [2.75, 3.05) is 11.6 Å². The van der Waals surface area contributed by atoms with E-state index in [2.05, 4.69) is 4.84 Å². The van der Waals surface area contributed by atoms with Crippen LogP contribution in [0.2, 0.25) is 0 Å². The standard InChI is InChI=1S/C7H9NO3S/c1-11-8(12(9)10)7-5-3-2-4-6-7/h2-6H,1H3,(H,9,10). The molecule has 0 fully saturated rings. The van der Waals surface area contributed by atoms with Gasteiger partial charge in [-0.15, -0.1) is 4.47 Å². The second-order valence-corrected chi connectivity index (χ2v) is 2.80. The average molecular weight is 187 g/mol. The maximum Gasteiger partial charge on any atom is 0.286 e. The predicted molar refractivity (Wildman–Crippen MR) is 46.7 cm³/mol. The molecule has 0 aliphatic rings. The third kappa shape index (κ3) is 2.04. The third-order valence-electron chi connectivity index (χ3n) is 1.27. The minimum absolute atomic E-state index is 0.542. The Hall–Kier alpha value is -0.910. The van der Waals surface area contributed by atoms with Gasteiger partial charge in [0.25, 0.3) is 11.3 Å². The van der Waals surface area contributed by atoms with Crippen LogP contribution in [0, 0.1) is 0 Å². The van der Waals surface area contributed by atoms with Crippen molar-refractivity contribution in [2.45, 2.75) is 0 Å². The fourth-order valence-electron chi connectivity index (χ4n) is 0.809. The van der Waals surface area contributed by atoms with E-state index in [1.54, 1.807) is 24.3 Å². The van der Waals surface area contributed by atoms with Crippen LogP contribution in [0.5, 0.6) is 0 Å². The van der Waals surface area contributed by atoms with E-state index in [4.69, 9.17) is 4.55 Å². The summed E-state index contributed by atoms with van der Waals surface area (Å²) in [7, 11) is 1.33. The van der Waals surface area contributed by atoms with Crippen molar-refractivity contribution in [1.29, 1.82) is 0 Å². The molecular weight excluding hydrogens is 178 g/mol.